The van der Waals surface area contributed by atoms with Gasteiger partial charge in [-0.1, -0.05) is 42.5 Å². The number of fused-ring (bicyclic) bond motifs is 1. The van der Waals surface area contributed by atoms with Crippen LogP contribution in [0.1, 0.15) is 12.5 Å². The molecule has 3 aromatic rings. The topological polar surface area (TPSA) is 73.3 Å². The summed E-state index contributed by atoms with van der Waals surface area (Å²) in [6.45, 7) is 3.92. The molecule has 2 unspecified atom stereocenters. The summed E-state index contributed by atoms with van der Waals surface area (Å²) in [4.78, 5) is 15.7. The average molecular weight is 536 g/mol. The summed E-state index contributed by atoms with van der Waals surface area (Å²) in [6, 6.07) is 18.7. The summed E-state index contributed by atoms with van der Waals surface area (Å²) in [5.74, 6) is -0.317. The smallest absolute Gasteiger partial charge is 0.406 e. The van der Waals surface area contributed by atoms with E-state index in [1.165, 1.54) is 23.4 Å². The molecule has 1 heterocycles. The van der Waals surface area contributed by atoms with Gasteiger partial charge < -0.3 is 9.64 Å². The third-order valence-corrected chi connectivity index (χ3v) is 7.23. The number of carbonyl (C=O) groups excluding carboxylic acids is 1. The number of amides is 1. The SMILES string of the molecule is CC(=O)N1CCN(C(Cc2ccc(OC(F)(F)F)cc2)CN(c2ccc3ccccc3c2)S(=O)O)CC1. The fraction of sp³-hybridized carbons (Fsp3) is 0.346. The number of halogens is 3. The van der Waals surface area contributed by atoms with Gasteiger partial charge in [-0.15, -0.1) is 13.2 Å². The molecule has 0 spiro atoms. The predicted octanol–water partition coefficient (Wildman–Crippen LogP) is 4.46. The van der Waals surface area contributed by atoms with Gasteiger partial charge in [-0.05, 0) is 47.0 Å². The van der Waals surface area contributed by atoms with Gasteiger partial charge in [0.1, 0.15) is 5.75 Å². The van der Waals surface area contributed by atoms with Gasteiger partial charge in [-0.3, -0.25) is 18.6 Å². The van der Waals surface area contributed by atoms with Crippen LogP contribution in [0.2, 0.25) is 0 Å². The molecule has 1 aliphatic heterocycles. The Kier molecular flexibility index (Phi) is 8.35. The normalized spacial score (nSPS) is 16.4. The lowest BCUT2D eigenvalue weighted by molar-refractivity contribution is -0.274. The van der Waals surface area contributed by atoms with Crippen LogP contribution in [0.5, 0.6) is 5.75 Å². The van der Waals surface area contributed by atoms with Crippen LogP contribution >= 0.6 is 0 Å². The Hall–Kier alpha value is -3.15. The maximum atomic E-state index is 12.5. The van der Waals surface area contributed by atoms with Crippen LogP contribution in [0.25, 0.3) is 10.8 Å². The van der Waals surface area contributed by atoms with Crippen LogP contribution in [-0.4, -0.2) is 69.6 Å². The van der Waals surface area contributed by atoms with E-state index in [1.807, 2.05) is 36.4 Å². The van der Waals surface area contributed by atoms with Crippen molar-refractivity contribution in [3.05, 3.63) is 72.3 Å². The first-order valence-electron chi connectivity index (χ1n) is 11.8. The van der Waals surface area contributed by atoms with E-state index in [1.54, 1.807) is 23.1 Å². The number of alkyl halides is 3. The van der Waals surface area contributed by atoms with Crippen molar-refractivity contribution < 1.29 is 31.5 Å². The minimum absolute atomic E-state index is 0.00861. The molecule has 198 valence electrons. The van der Waals surface area contributed by atoms with E-state index in [9.17, 15) is 26.7 Å². The van der Waals surface area contributed by atoms with Crippen LogP contribution < -0.4 is 9.04 Å². The first-order chi connectivity index (χ1) is 17.6. The van der Waals surface area contributed by atoms with Crippen molar-refractivity contribution in [2.45, 2.75) is 25.7 Å². The third-order valence-electron chi connectivity index (χ3n) is 6.49. The van der Waals surface area contributed by atoms with Gasteiger partial charge in [0, 0.05) is 45.7 Å². The van der Waals surface area contributed by atoms with Crippen LogP contribution in [0.15, 0.2) is 66.7 Å². The van der Waals surface area contributed by atoms with Crippen LogP contribution in [0.3, 0.4) is 0 Å². The second kappa shape index (κ2) is 11.5. The molecular weight excluding hydrogens is 507 g/mol. The summed E-state index contributed by atoms with van der Waals surface area (Å²) >= 11 is -2.31. The molecule has 0 bridgehead atoms. The molecule has 11 heteroatoms. The number of anilines is 1. The first-order valence-corrected chi connectivity index (χ1v) is 12.9. The van der Waals surface area contributed by atoms with E-state index in [0.717, 1.165) is 16.3 Å². The summed E-state index contributed by atoms with van der Waals surface area (Å²) in [6.07, 6.45) is -4.35. The molecule has 0 aliphatic carbocycles. The maximum Gasteiger partial charge on any atom is 0.573 e. The Morgan fingerprint density at radius 2 is 1.68 bits per heavy atom. The lowest BCUT2D eigenvalue weighted by Gasteiger charge is -2.40. The van der Waals surface area contributed by atoms with Gasteiger partial charge >= 0.3 is 6.36 Å². The van der Waals surface area contributed by atoms with Crippen molar-refractivity contribution >= 4 is 33.6 Å². The number of benzene rings is 3. The Balaban J connectivity index is 1.58. The van der Waals surface area contributed by atoms with Crippen molar-refractivity contribution in [1.29, 1.82) is 0 Å². The van der Waals surface area contributed by atoms with E-state index < -0.39 is 17.6 Å². The molecule has 4 rings (SSSR count). The fourth-order valence-corrected chi connectivity index (χ4v) is 5.19. The number of piperazine rings is 1. The number of ether oxygens (including phenoxy) is 1. The second-order valence-electron chi connectivity index (χ2n) is 8.91. The first kappa shape index (κ1) is 26.9. The Morgan fingerprint density at radius 3 is 2.27 bits per heavy atom. The molecule has 2 atom stereocenters. The molecular formula is C26H28F3N3O4S. The highest BCUT2D eigenvalue weighted by Gasteiger charge is 2.31. The molecule has 3 aromatic carbocycles. The van der Waals surface area contributed by atoms with E-state index in [4.69, 9.17) is 0 Å². The highest BCUT2D eigenvalue weighted by Crippen LogP contribution is 2.26. The third kappa shape index (κ3) is 7.21. The number of rotatable bonds is 8. The lowest BCUT2D eigenvalue weighted by atomic mass is 10.0. The highest BCUT2D eigenvalue weighted by molar-refractivity contribution is 7.80. The molecule has 0 aromatic heterocycles. The Morgan fingerprint density at radius 1 is 1.03 bits per heavy atom. The summed E-state index contributed by atoms with van der Waals surface area (Å²) in [5, 5.41) is 1.94. The Bertz CT molecular complexity index is 1250. The van der Waals surface area contributed by atoms with Crippen molar-refractivity contribution in [3.63, 3.8) is 0 Å². The quantitative estimate of drug-likeness (QED) is 0.432. The van der Waals surface area contributed by atoms with Gasteiger partial charge in [0.05, 0.1) is 5.69 Å². The molecule has 1 N–H and O–H groups in total. The average Bonchev–Trinajstić information content (AvgIpc) is 2.86. The second-order valence-corrected chi connectivity index (χ2v) is 9.82. The minimum Gasteiger partial charge on any atom is -0.406 e. The van der Waals surface area contributed by atoms with E-state index in [-0.39, 0.29) is 24.2 Å². The number of carbonyl (C=O) groups is 1. The van der Waals surface area contributed by atoms with Gasteiger partial charge in [-0.2, -0.15) is 0 Å². The van der Waals surface area contributed by atoms with Crippen LogP contribution in [0.4, 0.5) is 18.9 Å². The predicted molar refractivity (Wildman–Crippen MR) is 137 cm³/mol. The van der Waals surface area contributed by atoms with Crippen molar-refractivity contribution in [3.8, 4) is 5.75 Å². The molecule has 1 aliphatic rings. The fourth-order valence-electron chi connectivity index (χ4n) is 4.59. The highest BCUT2D eigenvalue weighted by atomic mass is 32.2. The molecule has 7 nitrogen and oxygen atoms in total. The van der Waals surface area contributed by atoms with Gasteiger partial charge in [-0.25, -0.2) is 4.21 Å². The molecule has 0 saturated carbocycles. The van der Waals surface area contributed by atoms with E-state index >= 15 is 0 Å². The molecule has 1 saturated heterocycles. The lowest BCUT2D eigenvalue weighted by Crippen LogP contribution is -2.55. The van der Waals surface area contributed by atoms with E-state index in [2.05, 4.69) is 9.64 Å². The summed E-state index contributed by atoms with van der Waals surface area (Å²) in [5.41, 5.74) is 1.34. The molecule has 1 fully saturated rings. The zero-order chi connectivity index (χ0) is 26.6. The maximum absolute atomic E-state index is 12.5. The van der Waals surface area contributed by atoms with Crippen LogP contribution in [0, 0.1) is 0 Å². The van der Waals surface area contributed by atoms with Gasteiger partial charge in [0.15, 0.2) is 0 Å². The van der Waals surface area contributed by atoms with Crippen molar-refractivity contribution in [1.82, 2.24) is 9.80 Å². The minimum atomic E-state index is -4.77. The van der Waals surface area contributed by atoms with Gasteiger partial charge in [0.2, 0.25) is 5.91 Å². The van der Waals surface area contributed by atoms with Crippen LogP contribution in [-0.2, 0) is 22.5 Å². The zero-order valence-corrected chi connectivity index (χ0v) is 21.0. The Labute approximate surface area is 215 Å². The summed E-state index contributed by atoms with van der Waals surface area (Å²) in [7, 11) is 0. The molecule has 0 radical (unpaired) electrons. The molecule has 1 amide bonds. The standard InChI is InChI=1S/C26H28F3N3O4S/c1-19(33)30-12-14-31(15-13-30)24(16-20-6-10-25(11-7-20)36-26(27,28)29)18-32(37(34)35)23-9-8-21-4-2-3-5-22(21)17-23/h2-11,17,24H,12-16,18H2,1H3,(H,34,35). The largest absolute Gasteiger partial charge is 0.573 e. The van der Waals surface area contributed by atoms with Gasteiger partial charge in [0.25, 0.3) is 11.3 Å². The van der Waals surface area contributed by atoms with Crippen molar-refractivity contribution in [2.75, 3.05) is 37.0 Å². The number of hydrogen-bond donors (Lipinski definition) is 1. The molecule has 37 heavy (non-hydrogen) atoms. The number of hydrogen-bond acceptors (Lipinski definition) is 4. The summed E-state index contributed by atoms with van der Waals surface area (Å²) < 4.78 is 65.7. The monoisotopic (exact) mass is 535 g/mol. The van der Waals surface area contributed by atoms with E-state index in [0.29, 0.717) is 38.3 Å². The van der Waals surface area contributed by atoms with Crippen molar-refractivity contribution in [2.24, 2.45) is 0 Å². The number of nitrogens with zero attached hydrogens (tertiary/aromatic N) is 3. The zero-order valence-electron chi connectivity index (χ0n) is 20.2.